The summed E-state index contributed by atoms with van der Waals surface area (Å²) < 4.78 is 20.1. The van der Waals surface area contributed by atoms with E-state index in [1.54, 1.807) is 0 Å². The van der Waals surface area contributed by atoms with Crippen LogP contribution in [0.1, 0.15) is 77.0 Å². The molecular weight excluding hydrogens is 372 g/mol. The van der Waals surface area contributed by atoms with Crippen molar-refractivity contribution < 1.29 is 28.5 Å². The Hall–Kier alpha value is -1.66. The van der Waals surface area contributed by atoms with Gasteiger partial charge in [-0.1, -0.05) is 50.7 Å². The van der Waals surface area contributed by atoms with Gasteiger partial charge in [0.2, 0.25) is 6.79 Å². The lowest BCUT2D eigenvalue weighted by molar-refractivity contribution is -0.160. The molecule has 0 N–H and O–H groups in total. The van der Waals surface area contributed by atoms with E-state index in [-0.39, 0.29) is 6.79 Å². The van der Waals surface area contributed by atoms with Gasteiger partial charge in [0.05, 0.1) is 25.4 Å². The van der Waals surface area contributed by atoms with Crippen LogP contribution in [-0.2, 0) is 28.5 Å². The zero-order valence-electron chi connectivity index (χ0n) is 17.5. The molecule has 0 saturated carbocycles. The van der Waals surface area contributed by atoms with Crippen LogP contribution in [0.2, 0.25) is 0 Å². The van der Waals surface area contributed by atoms with E-state index in [2.05, 4.69) is 0 Å². The van der Waals surface area contributed by atoms with Gasteiger partial charge in [-0.15, -0.1) is 0 Å². The van der Waals surface area contributed by atoms with E-state index in [0.717, 1.165) is 51.7 Å². The highest BCUT2D eigenvalue weighted by Crippen LogP contribution is 2.18. The van der Waals surface area contributed by atoms with Crippen molar-refractivity contribution in [2.24, 2.45) is 0 Å². The van der Waals surface area contributed by atoms with Crippen molar-refractivity contribution in [2.75, 3.05) is 20.0 Å². The summed E-state index contributed by atoms with van der Waals surface area (Å²) in [6, 6.07) is 0. The van der Waals surface area contributed by atoms with E-state index in [1.807, 2.05) is 12.2 Å². The molecule has 2 rings (SSSR count). The van der Waals surface area contributed by atoms with E-state index in [1.165, 1.54) is 50.7 Å². The summed E-state index contributed by atoms with van der Waals surface area (Å²) in [5.74, 6) is -0.964. The topological polar surface area (TPSA) is 77.7 Å². The number of carbonyl (C=O) groups excluding carboxylic acids is 2. The van der Waals surface area contributed by atoms with E-state index in [9.17, 15) is 9.59 Å². The minimum Gasteiger partial charge on any atom is -0.425 e. The molecule has 2 aliphatic heterocycles. The fraction of sp³-hybridized carbons (Fsp3) is 0.739. The molecule has 0 bridgehead atoms. The van der Waals surface area contributed by atoms with Gasteiger partial charge in [0.15, 0.2) is 0 Å². The highest BCUT2D eigenvalue weighted by molar-refractivity contribution is 5.83. The van der Waals surface area contributed by atoms with Crippen LogP contribution >= 0.6 is 0 Å². The molecular formula is C23H36O6. The SMILES string of the molecule is O=C(C=CCCCCCCC1CO1)OCOC(=O)C=CCCCCCCC1CO1. The highest BCUT2D eigenvalue weighted by atomic mass is 16.7. The van der Waals surface area contributed by atoms with E-state index in [4.69, 9.17) is 18.9 Å². The second kappa shape index (κ2) is 15.2. The number of epoxide rings is 2. The van der Waals surface area contributed by atoms with E-state index >= 15 is 0 Å². The molecule has 0 aromatic carbocycles. The van der Waals surface area contributed by atoms with Crippen molar-refractivity contribution in [1.82, 2.24) is 0 Å². The summed E-state index contributed by atoms with van der Waals surface area (Å²) in [7, 11) is 0. The molecule has 0 aromatic rings. The summed E-state index contributed by atoms with van der Waals surface area (Å²) in [6.07, 6.45) is 20.8. The van der Waals surface area contributed by atoms with Crippen LogP contribution in [0, 0.1) is 0 Å². The molecule has 0 amide bonds. The fourth-order valence-electron chi connectivity index (χ4n) is 3.05. The third-order valence-electron chi connectivity index (χ3n) is 5.01. The highest BCUT2D eigenvalue weighted by Gasteiger charge is 2.21. The Balaban J connectivity index is 1.32. The Morgan fingerprint density at radius 2 is 1.10 bits per heavy atom. The van der Waals surface area contributed by atoms with E-state index in [0.29, 0.717) is 12.2 Å². The van der Waals surface area contributed by atoms with Gasteiger partial charge >= 0.3 is 11.9 Å². The molecule has 2 atom stereocenters. The lowest BCUT2D eigenvalue weighted by atomic mass is 10.1. The van der Waals surface area contributed by atoms with Gasteiger partial charge < -0.3 is 18.9 Å². The van der Waals surface area contributed by atoms with Gasteiger partial charge in [-0.05, 0) is 38.5 Å². The Kier molecular flexibility index (Phi) is 12.4. The van der Waals surface area contributed by atoms with Crippen LogP contribution in [-0.4, -0.2) is 44.2 Å². The molecule has 0 spiro atoms. The third-order valence-corrected chi connectivity index (χ3v) is 5.01. The predicted molar refractivity (Wildman–Crippen MR) is 110 cm³/mol. The number of ether oxygens (including phenoxy) is 4. The summed E-state index contributed by atoms with van der Waals surface area (Å²) in [5.41, 5.74) is 0. The Morgan fingerprint density at radius 3 is 1.52 bits per heavy atom. The molecule has 2 aliphatic rings. The van der Waals surface area contributed by atoms with Crippen LogP contribution in [0.5, 0.6) is 0 Å². The third kappa shape index (κ3) is 14.9. The Morgan fingerprint density at radius 1 is 0.690 bits per heavy atom. The molecule has 2 unspecified atom stereocenters. The number of allylic oxidation sites excluding steroid dienone is 2. The first-order valence-electron chi connectivity index (χ1n) is 11.1. The zero-order valence-corrected chi connectivity index (χ0v) is 17.5. The maximum atomic E-state index is 11.5. The molecule has 2 heterocycles. The summed E-state index contributed by atoms with van der Waals surface area (Å²) >= 11 is 0. The van der Waals surface area contributed by atoms with Crippen molar-refractivity contribution in [2.45, 2.75) is 89.3 Å². The minimum atomic E-state index is -0.482. The molecule has 0 radical (unpaired) electrons. The van der Waals surface area contributed by atoms with Crippen molar-refractivity contribution >= 4 is 11.9 Å². The number of hydrogen-bond acceptors (Lipinski definition) is 6. The van der Waals surface area contributed by atoms with Crippen molar-refractivity contribution in [3.05, 3.63) is 24.3 Å². The second-order valence-corrected chi connectivity index (χ2v) is 7.74. The molecule has 6 nitrogen and oxygen atoms in total. The first kappa shape index (κ1) is 23.6. The second-order valence-electron chi connectivity index (χ2n) is 7.74. The van der Waals surface area contributed by atoms with Crippen LogP contribution < -0.4 is 0 Å². The smallest absolute Gasteiger partial charge is 0.333 e. The zero-order chi connectivity index (χ0) is 20.6. The first-order valence-corrected chi connectivity index (χ1v) is 11.1. The van der Waals surface area contributed by atoms with Gasteiger partial charge in [0.1, 0.15) is 0 Å². The van der Waals surface area contributed by atoms with Gasteiger partial charge in [-0.3, -0.25) is 0 Å². The molecule has 2 saturated heterocycles. The van der Waals surface area contributed by atoms with Gasteiger partial charge in [0.25, 0.3) is 0 Å². The largest absolute Gasteiger partial charge is 0.425 e. The van der Waals surface area contributed by atoms with Crippen molar-refractivity contribution in [1.29, 1.82) is 0 Å². The number of esters is 2. The molecule has 2 fully saturated rings. The van der Waals surface area contributed by atoms with Crippen LogP contribution in [0.25, 0.3) is 0 Å². The quantitative estimate of drug-likeness (QED) is 0.108. The number of hydrogen-bond donors (Lipinski definition) is 0. The Labute approximate surface area is 174 Å². The van der Waals surface area contributed by atoms with Crippen LogP contribution in [0.15, 0.2) is 24.3 Å². The van der Waals surface area contributed by atoms with Gasteiger partial charge in [-0.25, -0.2) is 9.59 Å². The molecule has 164 valence electrons. The van der Waals surface area contributed by atoms with Crippen LogP contribution in [0.3, 0.4) is 0 Å². The van der Waals surface area contributed by atoms with E-state index < -0.39 is 11.9 Å². The lowest BCUT2D eigenvalue weighted by Crippen LogP contribution is -2.09. The Bertz CT molecular complexity index is 473. The maximum absolute atomic E-state index is 11.5. The van der Waals surface area contributed by atoms with Crippen molar-refractivity contribution in [3.8, 4) is 0 Å². The van der Waals surface area contributed by atoms with Gasteiger partial charge in [-0.2, -0.15) is 0 Å². The standard InChI is InChI=1S/C23H36O6/c24-22(15-11-7-3-1-5-9-13-20-17-26-20)28-19-29-23(25)16-12-8-4-2-6-10-14-21-18-27-21/h11-12,15-16,20-21H,1-10,13-14,17-19H2. The number of carbonyl (C=O) groups is 2. The average Bonchev–Trinajstić information content (AvgIpc) is 3.61. The maximum Gasteiger partial charge on any atom is 0.333 e. The summed E-state index contributed by atoms with van der Waals surface area (Å²) in [6.45, 7) is 1.53. The number of unbranched alkanes of at least 4 members (excludes halogenated alkanes) is 8. The number of rotatable bonds is 18. The molecule has 0 aliphatic carbocycles. The summed E-state index contributed by atoms with van der Waals surface area (Å²) in [5, 5.41) is 0. The average molecular weight is 409 g/mol. The monoisotopic (exact) mass is 408 g/mol. The molecule has 6 heteroatoms. The molecule has 29 heavy (non-hydrogen) atoms. The van der Waals surface area contributed by atoms with Crippen LogP contribution in [0.4, 0.5) is 0 Å². The fourth-order valence-corrected chi connectivity index (χ4v) is 3.05. The first-order chi connectivity index (χ1) is 14.2. The predicted octanol–water partition coefficient (Wildman–Crippen LogP) is 4.62. The normalized spacial score (nSPS) is 20.3. The van der Waals surface area contributed by atoms with Crippen molar-refractivity contribution in [3.63, 3.8) is 0 Å². The van der Waals surface area contributed by atoms with Gasteiger partial charge in [0, 0.05) is 12.2 Å². The lowest BCUT2D eigenvalue weighted by Gasteiger charge is -2.02. The summed E-state index contributed by atoms with van der Waals surface area (Å²) in [4.78, 5) is 23.1. The minimum absolute atomic E-state index is 0.348. The molecule has 0 aromatic heterocycles.